The lowest BCUT2D eigenvalue weighted by Crippen LogP contribution is -2.50. The molecule has 1 saturated carbocycles. The van der Waals surface area contributed by atoms with Crippen LogP contribution >= 0.6 is 0 Å². The quantitative estimate of drug-likeness (QED) is 0.479. The fourth-order valence-corrected chi connectivity index (χ4v) is 2.01. The standard InChI is InChI=1S/C7H13NO/c1-7-4-8-3-5(7)2-6(7)9/h5-6,8-9H,2-4H2,1H3. The number of rotatable bonds is 0. The van der Waals surface area contributed by atoms with E-state index in [0.717, 1.165) is 25.4 Å². The molecule has 9 heavy (non-hydrogen) atoms. The van der Waals surface area contributed by atoms with Gasteiger partial charge >= 0.3 is 0 Å². The van der Waals surface area contributed by atoms with E-state index in [0.29, 0.717) is 0 Å². The lowest BCUT2D eigenvalue weighted by Gasteiger charge is -2.46. The Balaban J connectivity index is 2.16. The van der Waals surface area contributed by atoms with Gasteiger partial charge in [-0.05, 0) is 18.9 Å². The first kappa shape index (κ1) is 5.69. The Morgan fingerprint density at radius 3 is 2.89 bits per heavy atom. The van der Waals surface area contributed by atoms with Crippen LogP contribution < -0.4 is 5.32 Å². The van der Waals surface area contributed by atoms with Crippen molar-refractivity contribution in [2.24, 2.45) is 11.3 Å². The predicted molar refractivity (Wildman–Crippen MR) is 35.1 cm³/mol. The van der Waals surface area contributed by atoms with Crippen LogP contribution in [0.2, 0.25) is 0 Å². The normalized spacial score (nSPS) is 56.7. The van der Waals surface area contributed by atoms with Crippen LogP contribution in [-0.4, -0.2) is 24.3 Å². The summed E-state index contributed by atoms with van der Waals surface area (Å²) < 4.78 is 0. The van der Waals surface area contributed by atoms with E-state index in [-0.39, 0.29) is 11.5 Å². The molecule has 2 fully saturated rings. The third kappa shape index (κ3) is 0.528. The second-order valence-electron chi connectivity index (χ2n) is 3.59. The summed E-state index contributed by atoms with van der Waals surface area (Å²) in [6.45, 7) is 4.30. The van der Waals surface area contributed by atoms with Crippen LogP contribution in [0.4, 0.5) is 0 Å². The maximum Gasteiger partial charge on any atom is 0.0612 e. The molecule has 52 valence electrons. The maximum atomic E-state index is 9.34. The summed E-state index contributed by atoms with van der Waals surface area (Å²) in [7, 11) is 0. The van der Waals surface area contributed by atoms with Gasteiger partial charge in [0.25, 0.3) is 0 Å². The zero-order chi connectivity index (χ0) is 6.48. The summed E-state index contributed by atoms with van der Waals surface area (Å²) >= 11 is 0. The summed E-state index contributed by atoms with van der Waals surface area (Å²) in [5.41, 5.74) is 0.236. The highest BCUT2D eigenvalue weighted by Gasteiger charge is 2.53. The van der Waals surface area contributed by atoms with Gasteiger partial charge in [-0.3, -0.25) is 0 Å². The monoisotopic (exact) mass is 127 g/mol. The first-order chi connectivity index (χ1) is 4.23. The van der Waals surface area contributed by atoms with E-state index in [1.54, 1.807) is 0 Å². The summed E-state index contributed by atoms with van der Waals surface area (Å²) in [5, 5.41) is 12.6. The van der Waals surface area contributed by atoms with E-state index in [4.69, 9.17) is 0 Å². The molecular weight excluding hydrogens is 114 g/mol. The smallest absolute Gasteiger partial charge is 0.0612 e. The van der Waals surface area contributed by atoms with Crippen LogP contribution in [-0.2, 0) is 0 Å². The minimum atomic E-state index is -0.0301. The van der Waals surface area contributed by atoms with Crippen LogP contribution in [0.3, 0.4) is 0 Å². The van der Waals surface area contributed by atoms with Gasteiger partial charge in [0, 0.05) is 12.0 Å². The van der Waals surface area contributed by atoms with Gasteiger partial charge in [0.1, 0.15) is 0 Å². The Morgan fingerprint density at radius 1 is 1.67 bits per heavy atom. The first-order valence-electron chi connectivity index (χ1n) is 3.62. The van der Waals surface area contributed by atoms with Crippen molar-refractivity contribution >= 4 is 0 Å². The van der Waals surface area contributed by atoms with E-state index >= 15 is 0 Å². The van der Waals surface area contributed by atoms with E-state index in [2.05, 4.69) is 12.2 Å². The van der Waals surface area contributed by atoms with Crippen molar-refractivity contribution in [1.82, 2.24) is 5.32 Å². The van der Waals surface area contributed by atoms with Crippen LogP contribution in [0, 0.1) is 11.3 Å². The molecule has 0 aromatic rings. The molecule has 2 aliphatic rings. The zero-order valence-corrected chi connectivity index (χ0v) is 5.72. The number of hydrogen-bond acceptors (Lipinski definition) is 2. The van der Waals surface area contributed by atoms with Crippen LogP contribution in [0.25, 0.3) is 0 Å². The fraction of sp³-hybridized carbons (Fsp3) is 1.00. The molecule has 0 amide bonds. The van der Waals surface area contributed by atoms with Gasteiger partial charge in [-0.15, -0.1) is 0 Å². The van der Waals surface area contributed by atoms with E-state index < -0.39 is 0 Å². The number of aliphatic hydroxyl groups is 1. The Labute approximate surface area is 55.3 Å². The number of fused-ring (bicyclic) bond motifs is 1. The first-order valence-corrected chi connectivity index (χ1v) is 3.62. The predicted octanol–water partition coefficient (Wildman–Crippen LogP) is -0.0233. The average Bonchev–Trinajstić information content (AvgIpc) is 2.11. The minimum Gasteiger partial charge on any atom is -0.392 e. The van der Waals surface area contributed by atoms with Gasteiger partial charge in [0.05, 0.1) is 6.10 Å². The summed E-state index contributed by atoms with van der Waals surface area (Å²) in [4.78, 5) is 0. The fourth-order valence-electron chi connectivity index (χ4n) is 2.01. The molecular formula is C7H13NO. The Morgan fingerprint density at radius 2 is 2.44 bits per heavy atom. The van der Waals surface area contributed by atoms with E-state index in [1.807, 2.05) is 0 Å². The van der Waals surface area contributed by atoms with Crippen molar-refractivity contribution in [2.45, 2.75) is 19.4 Å². The van der Waals surface area contributed by atoms with Crippen molar-refractivity contribution in [2.75, 3.05) is 13.1 Å². The molecule has 3 atom stereocenters. The minimum absolute atomic E-state index is 0.0301. The summed E-state index contributed by atoms with van der Waals surface area (Å²) in [6, 6.07) is 0. The van der Waals surface area contributed by atoms with Crippen LogP contribution in [0.15, 0.2) is 0 Å². The molecule has 3 unspecified atom stereocenters. The maximum absolute atomic E-state index is 9.34. The zero-order valence-electron chi connectivity index (χ0n) is 5.72. The number of aliphatic hydroxyl groups excluding tert-OH is 1. The molecule has 0 bridgehead atoms. The second kappa shape index (κ2) is 1.50. The van der Waals surface area contributed by atoms with E-state index in [1.165, 1.54) is 0 Å². The molecule has 1 aliphatic carbocycles. The molecule has 0 spiro atoms. The number of hydrogen-bond donors (Lipinski definition) is 2. The lowest BCUT2D eigenvalue weighted by molar-refractivity contribution is -0.0786. The largest absolute Gasteiger partial charge is 0.392 e. The Hall–Kier alpha value is -0.0800. The highest BCUT2D eigenvalue weighted by molar-refractivity contribution is 5.05. The van der Waals surface area contributed by atoms with E-state index in [9.17, 15) is 5.11 Å². The van der Waals surface area contributed by atoms with Gasteiger partial charge in [-0.25, -0.2) is 0 Å². The SMILES string of the molecule is CC12CNCC1CC2O. The van der Waals surface area contributed by atoms with Crippen LogP contribution in [0.1, 0.15) is 13.3 Å². The molecule has 2 nitrogen and oxygen atoms in total. The molecule has 0 radical (unpaired) electrons. The lowest BCUT2D eigenvalue weighted by atomic mass is 9.61. The Bertz CT molecular complexity index is 137. The Kier molecular flexibility index (Phi) is 0.945. The molecule has 1 aliphatic heterocycles. The van der Waals surface area contributed by atoms with Crippen molar-refractivity contribution in [3.63, 3.8) is 0 Å². The van der Waals surface area contributed by atoms with Crippen molar-refractivity contribution in [1.29, 1.82) is 0 Å². The molecule has 0 aromatic carbocycles. The molecule has 1 heterocycles. The third-order valence-electron chi connectivity index (χ3n) is 3.10. The van der Waals surface area contributed by atoms with Crippen molar-refractivity contribution in [3.8, 4) is 0 Å². The molecule has 0 aromatic heterocycles. The number of nitrogens with one attached hydrogen (secondary N) is 1. The van der Waals surface area contributed by atoms with Crippen molar-refractivity contribution in [3.05, 3.63) is 0 Å². The summed E-state index contributed by atoms with van der Waals surface area (Å²) in [6.07, 6.45) is 0.987. The van der Waals surface area contributed by atoms with Gasteiger partial charge in [-0.2, -0.15) is 0 Å². The third-order valence-corrected chi connectivity index (χ3v) is 3.10. The molecule has 2 heteroatoms. The van der Waals surface area contributed by atoms with Gasteiger partial charge < -0.3 is 10.4 Å². The second-order valence-corrected chi connectivity index (χ2v) is 3.59. The molecule has 1 saturated heterocycles. The molecule has 2 N–H and O–H groups in total. The van der Waals surface area contributed by atoms with Gasteiger partial charge in [-0.1, -0.05) is 6.92 Å². The summed E-state index contributed by atoms with van der Waals surface area (Å²) in [5.74, 6) is 0.757. The van der Waals surface area contributed by atoms with Crippen LogP contribution in [0.5, 0.6) is 0 Å². The topological polar surface area (TPSA) is 32.3 Å². The highest BCUT2D eigenvalue weighted by atomic mass is 16.3. The average molecular weight is 127 g/mol. The highest BCUT2D eigenvalue weighted by Crippen LogP contribution is 2.48. The molecule has 2 rings (SSSR count). The van der Waals surface area contributed by atoms with Gasteiger partial charge in [0.2, 0.25) is 0 Å². The van der Waals surface area contributed by atoms with Crippen molar-refractivity contribution < 1.29 is 5.11 Å². The van der Waals surface area contributed by atoms with Gasteiger partial charge in [0.15, 0.2) is 0 Å².